The van der Waals surface area contributed by atoms with Crippen molar-refractivity contribution in [3.63, 3.8) is 0 Å². The number of hydrogen-bond donors (Lipinski definition) is 1. The molecule has 2 rings (SSSR count). The van der Waals surface area contributed by atoms with Gasteiger partial charge in [0.05, 0.1) is 5.56 Å². The molecule has 0 atom stereocenters. The summed E-state index contributed by atoms with van der Waals surface area (Å²) in [7, 11) is 0. The minimum absolute atomic E-state index is 0.00540. The Kier molecular flexibility index (Phi) is 3.30. The Morgan fingerprint density at radius 2 is 1.61 bits per heavy atom. The van der Waals surface area contributed by atoms with Crippen LogP contribution in [0.25, 0.3) is 11.1 Å². The second-order valence-corrected chi connectivity index (χ2v) is 4.04. The Morgan fingerprint density at radius 1 is 1.00 bits per heavy atom. The average Bonchev–Trinajstić information content (AvgIpc) is 2.33. The predicted molar refractivity (Wildman–Crippen MR) is 63.8 cm³/mol. The molecular weight excluding hydrogens is 262 g/mol. The van der Waals surface area contributed by atoms with E-state index >= 15 is 0 Å². The van der Waals surface area contributed by atoms with Crippen LogP contribution in [-0.2, 0) is 0 Å². The van der Waals surface area contributed by atoms with Gasteiger partial charge in [-0.05, 0) is 23.8 Å². The summed E-state index contributed by atoms with van der Waals surface area (Å²) >= 11 is 5.69. The molecule has 0 fully saturated rings. The Labute approximate surface area is 106 Å². The van der Waals surface area contributed by atoms with Gasteiger partial charge in [0.2, 0.25) is 0 Å². The maximum Gasteiger partial charge on any atom is 0.338 e. The highest BCUT2D eigenvalue weighted by Crippen LogP contribution is 2.27. The van der Waals surface area contributed by atoms with Crippen molar-refractivity contribution in [2.45, 2.75) is 0 Å². The van der Waals surface area contributed by atoms with Crippen molar-refractivity contribution in [3.05, 3.63) is 58.6 Å². The summed E-state index contributed by atoms with van der Waals surface area (Å²) in [5.74, 6) is -4.05. The molecule has 92 valence electrons. The minimum Gasteiger partial charge on any atom is -0.478 e. The van der Waals surface area contributed by atoms with E-state index in [1.54, 1.807) is 12.1 Å². The largest absolute Gasteiger partial charge is 0.478 e. The predicted octanol–water partition coefficient (Wildman–Crippen LogP) is 3.98. The van der Waals surface area contributed by atoms with Crippen LogP contribution < -0.4 is 0 Å². The molecule has 0 unspecified atom stereocenters. The second-order valence-electron chi connectivity index (χ2n) is 3.60. The van der Waals surface area contributed by atoms with E-state index in [4.69, 9.17) is 16.7 Å². The van der Waals surface area contributed by atoms with E-state index in [9.17, 15) is 13.6 Å². The summed E-state index contributed by atoms with van der Waals surface area (Å²) < 4.78 is 27.2. The van der Waals surface area contributed by atoms with Crippen molar-refractivity contribution in [2.24, 2.45) is 0 Å². The van der Waals surface area contributed by atoms with Crippen molar-refractivity contribution < 1.29 is 18.7 Å². The summed E-state index contributed by atoms with van der Waals surface area (Å²) in [5.41, 5.74) is -0.271. The molecule has 1 N–H and O–H groups in total. The van der Waals surface area contributed by atoms with Crippen LogP contribution in [0.4, 0.5) is 8.78 Å². The lowest BCUT2D eigenvalue weighted by Crippen LogP contribution is -2.03. The molecule has 0 radical (unpaired) electrons. The summed E-state index contributed by atoms with van der Waals surface area (Å²) in [5, 5.41) is 9.14. The molecule has 18 heavy (non-hydrogen) atoms. The van der Waals surface area contributed by atoms with Gasteiger partial charge < -0.3 is 5.11 Å². The van der Waals surface area contributed by atoms with E-state index in [-0.39, 0.29) is 5.56 Å². The number of carboxylic acid groups (broad SMARTS) is 1. The highest BCUT2D eigenvalue weighted by atomic mass is 35.5. The fraction of sp³-hybridized carbons (Fsp3) is 0. The van der Waals surface area contributed by atoms with Gasteiger partial charge in [-0.1, -0.05) is 29.8 Å². The molecule has 2 aromatic rings. The van der Waals surface area contributed by atoms with Crippen LogP contribution in [-0.4, -0.2) is 11.1 Å². The van der Waals surface area contributed by atoms with Crippen LogP contribution in [0.1, 0.15) is 10.4 Å². The van der Waals surface area contributed by atoms with Gasteiger partial charge in [-0.15, -0.1) is 0 Å². The SMILES string of the molecule is O=C(O)c1ccc(-c2ccc(Cl)cc2)c(F)c1F. The zero-order valence-corrected chi connectivity index (χ0v) is 9.71. The molecule has 0 bridgehead atoms. The van der Waals surface area contributed by atoms with Crippen LogP contribution in [0, 0.1) is 11.6 Å². The minimum atomic E-state index is -1.51. The third kappa shape index (κ3) is 2.19. The van der Waals surface area contributed by atoms with E-state index in [0.29, 0.717) is 10.6 Å². The highest BCUT2D eigenvalue weighted by molar-refractivity contribution is 6.30. The van der Waals surface area contributed by atoms with Crippen LogP contribution in [0.5, 0.6) is 0 Å². The van der Waals surface area contributed by atoms with Crippen LogP contribution in [0.15, 0.2) is 36.4 Å². The quantitative estimate of drug-likeness (QED) is 0.894. The molecule has 0 saturated carbocycles. The molecule has 0 heterocycles. The summed E-state index contributed by atoms with van der Waals surface area (Å²) in [6, 6.07) is 8.40. The Morgan fingerprint density at radius 3 is 2.17 bits per heavy atom. The van der Waals surface area contributed by atoms with E-state index < -0.39 is 23.2 Å². The van der Waals surface area contributed by atoms with Gasteiger partial charge in [0, 0.05) is 10.6 Å². The normalized spacial score (nSPS) is 10.4. The fourth-order valence-electron chi connectivity index (χ4n) is 1.57. The van der Waals surface area contributed by atoms with Crippen molar-refractivity contribution >= 4 is 17.6 Å². The number of carbonyl (C=O) groups is 1. The topological polar surface area (TPSA) is 37.3 Å². The van der Waals surface area contributed by atoms with Crippen molar-refractivity contribution in [3.8, 4) is 11.1 Å². The Balaban J connectivity index is 2.57. The number of carboxylic acids is 1. The molecule has 0 amide bonds. The first-order valence-corrected chi connectivity index (χ1v) is 5.35. The summed E-state index contributed by atoms with van der Waals surface area (Å²) in [6.45, 7) is 0. The number of halogens is 3. The molecule has 0 spiro atoms. The second kappa shape index (κ2) is 4.74. The lowest BCUT2D eigenvalue weighted by molar-refractivity contribution is 0.0690. The van der Waals surface area contributed by atoms with Gasteiger partial charge >= 0.3 is 5.97 Å². The van der Waals surface area contributed by atoms with Crippen LogP contribution in [0.2, 0.25) is 5.02 Å². The van der Waals surface area contributed by atoms with Crippen molar-refractivity contribution in [1.82, 2.24) is 0 Å². The summed E-state index contributed by atoms with van der Waals surface area (Å²) in [4.78, 5) is 10.6. The molecule has 0 saturated heterocycles. The fourth-order valence-corrected chi connectivity index (χ4v) is 1.69. The number of benzene rings is 2. The van der Waals surface area contributed by atoms with Crippen LogP contribution >= 0.6 is 11.6 Å². The molecule has 0 aliphatic carbocycles. The van der Waals surface area contributed by atoms with Gasteiger partial charge in [-0.2, -0.15) is 0 Å². The maximum atomic E-state index is 13.7. The first kappa shape index (κ1) is 12.5. The number of rotatable bonds is 2. The molecule has 0 aliphatic heterocycles. The lowest BCUT2D eigenvalue weighted by atomic mass is 10.0. The maximum absolute atomic E-state index is 13.7. The zero-order valence-electron chi connectivity index (χ0n) is 8.95. The van der Waals surface area contributed by atoms with Crippen molar-refractivity contribution in [1.29, 1.82) is 0 Å². The van der Waals surface area contributed by atoms with Gasteiger partial charge in [-0.25, -0.2) is 13.6 Å². The van der Waals surface area contributed by atoms with Crippen molar-refractivity contribution in [2.75, 3.05) is 0 Å². The summed E-state index contributed by atoms with van der Waals surface area (Å²) in [6.07, 6.45) is 0. The number of aromatic carboxylic acids is 1. The van der Waals surface area contributed by atoms with E-state index in [1.165, 1.54) is 18.2 Å². The monoisotopic (exact) mass is 268 g/mol. The smallest absolute Gasteiger partial charge is 0.338 e. The molecule has 5 heteroatoms. The molecule has 2 aromatic carbocycles. The molecule has 0 aromatic heterocycles. The highest BCUT2D eigenvalue weighted by Gasteiger charge is 2.18. The lowest BCUT2D eigenvalue weighted by Gasteiger charge is -2.06. The first-order valence-electron chi connectivity index (χ1n) is 4.98. The molecule has 0 aliphatic rings. The third-order valence-electron chi connectivity index (χ3n) is 2.47. The van der Waals surface area contributed by atoms with Gasteiger partial charge in [0.1, 0.15) is 0 Å². The first-order chi connectivity index (χ1) is 8.50. The molecule has 2 nitrogen and oxygen atoms in total. The Hall–Kier alpha value is -1.94. The average molecular weight is 269 g/mol. The zero-order chi connectivity index (χ0) is 13.3. The Bertz CT molecular complexity index is 609. The molecular formula is C13H7ClF2O2. The van der Waals surface area contributed by atoms with E-state index in [0.717, 1.165) is 6.07 Å². The standard InChI is InChI=1S/C13H7ClF2O2/c14-8-3-1-7(2-4-8)9-5-6-10(13(17)18)12(16)11(9)15/h1-6H,(H,17,18). The third-order valence-corrected chi connectivity index (χ3v) is 2.72. The van der Waals surface area contributed by atoms with Gasteiger partial charge in [-0.3, -0.25) is 0 Å². The van der Waals surface area contributed by atoms with E-state index in [2.05, 4.69) is 0 Å². The van der Waals surface area contributed by atoms with Crippen LogP contribution in [0.3, 0.4) is 0 Å². The van der Waals surface area contributed by atoms with E-state index in [1.807, 2.05) is 0 Å². The van der Waals surface area contributed by atoms with Gasteiger partial charge in [0.15, 0.2) is 11.6 Å². The number of hydrogen-bond acceptors (Lipinski definition) is 1. The van der Waals surface area contributed by atoms with Gasteiger partial charge in [0.25, 0.3) is 0 Å².